The molecule has 1 aliphatic carbocycles. The van der Waals surface area contributed by atoms with Crippen molar-refractivity contribution >= 4 is 0 Å². The highest BCUT2D eigenvalue weighted by atomic mass is 16.4. The van der Waals surface area contributed by atoms with Crippen LogP contribution in [0.15, 0.2) is 12.2 Å². The maximum absolute atomic E-state index is 8.89. The Bertz CT molecular complexity index is 121. The molecule has 0 aromatic carbocycles. The molecule has 3 nitrogen and oxygen atoms in total. The van der Waals surface area contributed by atoms with Crippen LogP contribution < -0.4 is 0 Å². The van der Waals surface area contributed by atoms with Crippen molar-refractivity contribution in [3.05, 3.63) is 12.2 Å². The van der Waals surface area contributed by atoms with E-state index >= 15 is 0 Å². The summed E-state index contributed by atoms with van der Waals surface area (Å²) in [5.41, 5.74) is 0. The molecule has 3 heteroatoms. The second-order valence-electron chi connectivity index (χ2n) is 2.21. The van der Waals surface area contributed by atoms with Crippen molar-refractivity contribution in [3.63, 3.8) is 0 Å². The summed E-state index contributed by atoms with van der Waals surface area (Å²) in [6.07, 6.45) is 0.867. The third-order valence-electron chi connectivity index (χ3n) is 1.45. The Hall–Kier alpha value is -0.380. The first-order chi connectivity index (χ1) is 4.22. The highest BCUT2D eigenvalue weighted by molar-refractivity contribution is 5.01. The molecule has 0 aromatic heterocycles. The van der Waals surface area contributed by atoms with Gasteiger partial charge in [-0.05, 0) is 6.42 Å². The molecule has 0 heterocycles. The van der Waals surface area contributed by atoms with E-state index in [2.05, 4.69) is 0 Å². The van der Waals surface area contributed by atoms with Crippen LogP contribution in [0, 0.1) is 0 Å². The van der Waals surface area contributed by atoms with Gasteiger partial charge in [0.25, 0.3) is 0 Å². The summed E-state index contributed by atoms with van der Waals surface area (Å²) in [7, 11) is 0. The predicted molar refractivity (Wildman–Crippen MR) is 31.8 cm³/mol. The van der Waals surface area contributed by atoms with E-state index in [1.54, 1.807) is 6.08 Å². The molecule has 3 N–H and O–H groups in total. The zero-order valence-corrected chi connectivity index (χ0v) is 4.94. The van der Waals surface area contributed by atoms with Crippen LogP contribution >= 0.6 is 0 Å². The van der Waals surface area contributed by atoms with Crippen LogP contribution in [0.4, 0.5) is 0 Å². The van der Waals surface area contributed by atoms with Gasteiger partial charge in [-0.3, -0.25) is 0 Å². The second-order valence-corrected chi connectivity index (χ2v) is 2.21. The molecule has 0 fully saturated rings. The topological polar surface area (TPSA) is 60.7 Å². The summed E-state index contributed by atoms with van der Waals surface area (Å²) in [6, 6.07) is 0. The second kappa shape index (κ2) is 2.47. The molecule has 52 valence electrons. The molecule has 9 heavy (non-hydrogen) atoms. The lowest BCUT2D eigenvalue weighted by atomic mass is 9.99. The minimum atomic E-state index is -1.00. The lowest BCUT2D eigenvalue weighted by molar-refractivity contribution is -0.0453. The van der Waals surface area contributed by atoms with E-state index in [1.165, 1.54) is 6.08 Å². The Morgan fingerprint density at radius 3 is 2.33 bits per heavy atom. The van der Waals surface area contributed by atoms with E-state index < -0.39 is 18.3 Å². The average Bonchev–Trinajstić information content (AvgIpc) is 1.83. The van der Waals surface area contributed by atoms with E-state index in [0.717, 1.165) is 0 Å². The Morgan fingerprint density at radius 2 is 1.89 bits per heavy atom. The van der Waals surface area contributed by atoms with Gasteiger partial charge in [-0.2, -0.15) is 0 Å². The molecule has 0 saturated carbocycles. The standard InChI is InChI=1S/C6H10O3/c7-4-2-1-3-5(8)6(4)9/h1-2,4-9H,3H2/t4-,5-,6-/m0/s1. The van der Waals surface area contributed by atoms with Crippen LogP contribution in [0.5, 0.6) is 0 Å². The lowest BCUT2D eigenvalue weighted by Gasteiger charge is -2.23. The van der Waals surface area contributed by atoms with Gasteiger partial charge in [0.1, 0.15) is 12.2 Å². The normalized spacial score (nSPS) is 43.2. The number of hydrogen-bond donors (Lipinski definition) is 3. The average molecular weight is 130 g/mol. The highest BCUT2D eigenvalue weighted by Crippen LogP contribution is 2.11. The molecule has 1 aliphatic rings. The molecular weight excluding hydrogens is 120 g/mol. The number of aliphatic hydroxyl groups excluding tert-OH is 3. The zero-order chi connectivity index (χ0) is 6.85. The maximum Gasteiger partial charge on any atom is 0.110 e. The van der Waals surface area contributed by atoms with Gasteiger partial charge in [-0.15, -0.1) is 0 Å². The molecule has 0 unspecified atom stereocenters. The van der Waals surface area contributed by atoms with Gasteiger partial charge in [-0.1, -0.05) is 12.2 Å². The molecule has 0 spiro atoms. The first kappa shape index (κ1) is 6.74. The maximum atomic E-state index is 8.89. The van der Waals surface area contributed by atoms with Crippen LogP contribution in [0.2, 0.25) is 0 Å². The molecule has 0 amide bonds. The summed E-state index contributed by atoms with van der Waals surface area (Å²) < 4.78 is 0. The van der Waals surface area contributed by atoms with Gasteiger partial charge in [0.15, 0.2) is 0 Å². The van der Waals surface area contributed by atoms with Crippen LogP contribution in [0.1, 0.15) is 6.42 Å². The quantitative estimate of drug-likeness (QED) is 0.370. The minimum absolute atomic E-state index is 0.429. The summed E-state index contributed by atoms with van der Waals surface area (Å²) >= 11 is 0. The van der Waals surface area contributed by atoms with Crippen molar-refractivity contribution < 1.29 is 15.3 Å². The van der Waals surface area contributed by atoms with E-state index in [-0.39, 0.29) is 0 Å². The van der Waals surface area contributed by atoms with Crippen molar-refractivity contribution in [1.82, 2.24) is 0 Å². The van der Waals surface area contributed by atoms with E-state index in [4.69, 9.17) is 15.3 Å². The Labute approximate surface area is 53.3 Å². The first-order valence-corrected chi connectivity index (χ1v) is 2.92. The molecule has 0 saturated heterocycles. The predicted octanol–water partition coefficient (Wildman–Crippen LogP) is -0.971. The van der Waals surface area contributed by atoms with Crippen LogP contribution in [-0.2, 0) is 0 Å². The van der Waals surface area contributed by atoms with Crippen molar-refractivity contribution in [1.29, 1.82) is 0 Å². The van der Waals surface area contributed by atoms with E-state index in [9.17, 15) is 0 Å². The van der Waals surface area contributed by atoms with Gasteiger partial charge >= 0.3 is 0 Å². The Kier molecular flexibility index (Phi) is 1.85. The number of aliphatic hydroxyl groups is 3. The minimum Gasteiger partial charge on any atom is -0.390 e. The van der Waals surface area contributed by atoms with Crippen LogP contribution in [-0.4, -0.2) is 33.6 Å². The molecule has 0 bridgehead atoms. The van der Waals surface area contributed by atoms with Crippen molar-refractivity contribution in [2.45, 2.75) is 24.7 Å². The van der Waals surface area contributed by atoms with Crippen molar-refractivity contribution in [2.75, 3.05) is 0 Å². The largest absolute Gasteiger partial charge is 0.390 e. The fourth-order valence-corrected chi connectivity index (χ4v) is 0.838. The van der Waals surface area contributed by atoms with Crippen LogP contribution in [0.3, 0.4) is 0 Å². The molecule has 0 aliphatic heterocycles. The van der Waals surface area contributed by atoms with Crippen molar-refractivity contribution in [2.24, 2.45) is 0 Å². The number of rotatable bonds is 0. The smallest absolute Gasteiger partial charge is 0.110 e. The summed E-state index contributed by atoms with van der Waals surface area (Å²) in [4.78, 5) is 0. The summed E-state index contributed by atoms with van der Waals surface area (Å²) in [5.74, 6) is 0. The van der Waals surface area contributed by atoms with Gasteiger partial charge in [0, 0.05) is 0 Å². The SMILES string of the molecule is O[C@H]1[C@@H](O)C=CC[C@@H]1O. The first-order valence-electron chi connectivity index (χ1n) is 2.92. The van der Waals surface area contributed by atoms with Gasteiger partial charge in [-0.25, -0.2) is 0 Å². The number of hydrogen-bond acceptors (Lipinski definition) is 3. The highest BCUT2D eigenvalue weighted by Gasteiger charge is 2.24. The Morgan fingerprint density at radius 1 is 1.22 bits per heavy atom. The molecular formula is C6H10O3. The van der Waals surface area contributed by atoms with Gasteiger partial charge in [0.05, 0.1) is 6.10 Å². The van der Waals surface area contributed by atoms with Crippen LogP contribution in [0.25, 0.3) is 0 Å². The van der Waals surface area contributed by atoms with Crippen molar-refractivity contribution in [3.8, 4) is 0 Å². The third kappa shape index (κ3) is 1.30. The molecule has 3 atom stereocenters. The fraction of sp³-hybridized carbons (Fsp3) is 0.667. The summed E-state index contributed by atoms with van der Waals surface area (Å²) in [6.45, 7) is 0. The zero-order valence-electron chi connectivity index (χ0n) is 4.94. The lowest BCUT2D eigenvalue weighted by Crippen LogP contribution is -2.38. The molecule has 0 aromatic rings. The van der Waals surface area contributed by atoms with Gasteiger partial charge in [0.2, 0.25) is 0 Å². The third-order valence-corrected chi connectivity index (χ3v) is 1.45. The molecule has 0 radical (unpaired) electrons. The van der Waals surface area contributed by atoms with Gasteiger partial charge < -0.3 is 15.3 Å². The monoisotopic (exact) mass is 130 g/mol. The molecule has 1 rings (SSSR count). The Balaban J connectivity index is 2.58. The van der Waals surface area contributed by atoms with E-state index in [1.807, 2.05) is 0 Å². The van der Waals surface area contributed by atoms with E-state index in [0.29, 0.717) is 6.42 Å². The fourth-order valence-electron chi connectivity index (χ4n) is 0.838. The summed E-state index contributed by atoms with van der Waals surface area (Å²) in [5, 5.41) is 26.6.